The third-order valence-electron chi connectivity index (χ3n) is 2.32. The van der Waals surface area contributed by atoms with Crippen molar-refractivity contribution in [1.82, 2.24) is 15.0 Å². The number of carbonyl (C=O) groups is 1. The number of aliphatic hydroxyl groups is 1. The molecule has 1 aromatic carbocycles. The third-order valence-corrected chi connectivity index (χ3v) is 3.14. The van der Waals surface area contributed by atoms with Crippen molar-refractivity contribution < 1.29 is 9.90 Å². The molecule has 0 saturated heterocycles. The maximum Gasteiger partial charge on any atom is 0.246 e. The first-order valence-electron chi connectivity index (χ1n) is 5.44. The standard InChI is InChI=1S/C11H9Cl3N4O2/c12-6-1-8(13)11(9(14)2-6)15-10(20)4-18-3-7(5-19)16-17-18/h1-3,19H,4-5H2,(H,15,20). The molecular formula is C11H9Cl3N4O2. The molecule has 2 N–H and O–H groups in total. The molecule has 0 radical (unpaired) electrons. The second-order valence-electron chi connectivity index (χ2n) is 3.86. The van der Waals surface area contributed by atoms with Gasteiger partial charge in [-0.15, -0.1) is 5.10 Å². The lowest BCUT2D eigenvalue weighted by Crippen LogP contribution is -2.19. The van der Waals surface area contributed by atoms with Crippen molar-refractivity contribution in [1.29, 1.82) is 0 Å². The molecule has 2 aromatic rings. The van der Waals surface area contributed by atoms with E-state index in [1.165, 1.54) is 23.0 Å². The highest BCUT2D eigenvalue weighted by molar-refractivity contribution is 6.42. The van der Waals surface area contributed by atoms with E-state index < -0.39 is 0 Å². The maximum atomic E-state index is 11.9. The summed E-state index contributed by atoms with van der Waals surface area (Å²) in [6, 6.07) is 2.95. The van der Waals surface area contributed by atoms with Crippen LogP contribution in [-0.4, -0.2) is 26.0 Å². The Hall–Kier alpha value is -1.34. The van der Waals surface area contributed by atoms with Crippen LogP contribution in [0.1, 0.15) is 5.69 Å². The van der Waals surface area contributed by atoms with Crippen LogP contribution >= 0.6 is 34.8 Å². The average molecular weight is 336 g/mol. The highest BCUT2D eigenvalue weighted by atomic mass is 35.5. The molecule has 106 valence electrons. The number of aromatic nitrogens is 3. The smallest absolute Gasteiger partial charge is 0.246 e. The fourth-order valence-electron chi connectivity index (χ4n) is 1.48. The highest BCUT2D eigenvalue weighted by Crippen LogP contribution is 2.33. The van der Waals surface area contributed by atoms with Crippen LogP contribution in [0.15, 0.2) is 18.3 Å². The van der Waals surface area contributed by atoms with Gasteiger partial charge in [-0.2, -0.15) is 0 Å². The Morgan fingerprint density at radius 3 is 2.50 bits per heavy atom. The first-order valence-corrected chi connectivity index (χ1v) is 6.57. The summed E-state index contributed by atoms with van der Waals surface area (Å²) in [7, 11) is 0. The zero-order valence-electron chi connectivity index (χ0n) is 9.98. The number of anilines is 1. The van der Waals surface area contributed by atoms with Gasteiger partial charge in [0.15, 0.2) is 0 Å². The van der Waals surface area contributed by atoms with Gasteiger partial charge in [0.2, 0.25) is 5.91 Å². The van der Waals surface area contributed by atoms with Crippen LogP contribution in [-0.2, 0) is 17.9 Å². The van der Waals surface area contributed by atoms with Crippen molar-refractivity contribution in [3.8, 4) is 0 Å². The van der Waals surface area contributed by atoms with E-state index in [1.807, 2.05) is 0 Å². The Bertz CT molecular complexity index is 621. The molecule has 0 fully saturated rings. The molecule has 0 saturated carbocycles. The number of hydrogen-bond acceptors (Lipinski definition) is 4. The lowest BCUT2D eigenvalue weighted by atomic mass is 10.3. The highest BCUT2D eigenvalue weighted by Gasteiger charge is 2.12. The zero-order chi connectivity index (χ0) is 14.7. The number of benzene rings is 1. The molecule has 0 aliphatic heterocycles. The summed E-state index contributed by atoms with van der Waals surface area (Å²) in [5.41, 5.74) is 0.658. The van der Waals surface area contributed by atoms with Gasteiger partial charge in [0, 0.05) is 5.02 Å². The Labute approximate surface area is 129 Å². The van der Waals surface area contributed by atoms with E-state index >= 15 is 0 Å². The molecule has 1 amide bonds. The number of aliphatic hydroxyl groups excluding tert-OH is 1. The summed E-state index contributed by atoms with van der Waals surface area (Å²) in [5, 5.41) is 19.6. The molecule has 0 aliphatic rings. The van der Waals surface area contributed by atoms with E-state index in [9.17, 15) is 4.79 Å². The Kier molecular flexibility index (Phi) is 4.82. The molecule has 1 heterocycles. The molecule has 0 spiro atoms. The number of hydrogen-bond donors (Lipinski definition) is 2. The lowest BCUT2D eigenvalue weighted by Gasteiger charge is -2.09. The summed E-state index contributed by atoms with van der Waals surface area (Å²) in [6.07, 6.45) is 1.46. The molecule has 6 nitrogen and oxygen atoms in total. The van der Waals surface area contributed by atoms with Gasteiger partial charge < -0.3 is 10.4 Å². The monoisotopic (exact) mass is 334 g/mol. The van der Waals surface area contributed by atoms with Crippen LogP contribution < -0.4 is 5.32 Å². The Morgan fingerprint density at radius 1 is 1.30 bits per heavy atom. The SMILES string of the molecule is O=C(Cn1cc(CO)nn1)Nc1c(Cl)cc(Cl)cc1Cl. The van der Waals surface area contributed by atoms with Gasteiger partial charge in [0.1, 0.15) is 12.2 Å². The van der Waals surface area contributed by atoms with E-state index in [0.29, 0.717) is 10.7 Å². The maximum absolute atomic E-state index is 11.9. The molecule has 0 atom stereocenters. The van der Waals surface area contributed by atoms with E-state index in [0.717, 1.165) is 0 Å². The number of halogens is 3. The zero-order valence-corrected chi connectivity index (χ0v) is 12.2. The van der Waals surface area contributed by atoms with Crippen molar-refractivity contribution in [2.45, 2.75) is 13.2 Å². The van der Waals surface area contributed by atoms with Crippen LogP contribution in [0.3, 0.4) is 0 Å². The second-order valence-corrected chi connectivity index (χ2v) is 5.11. The van der Waals surface area contributed by atoms with Crippen LogP contribution in [0.5, 0.6) is 0 Å². The van der Waals surface area contributed by atoms with Gasteiger partial charge in [0.25, 0.3) is 0 Å². The lowest BCUT2D eigenvalue weighted by molar-refractivity contribution is -0.116. The fraction of sp³-hybridized carbons (Fsp3) is 0.182. The van der Waals surface area contributed by atoms with E-state index in [1.54, 1.807) is 0 Å². The van der Waals surface area contributed by atoms with Crippen LogP contribution in [0.25, 0.3) is 0 Å². The summed E-state index contributed by atoms with van der Waals surface area (Å²) in [6.45, 7) is -0.321. The summed E-state index contributed by atoms with van der Waals surface area (Å²) >= 11 is 17.7. The molecule has 1 aromatic heterocycles. The first-order chi connectivity index (χ1) is 9.49. The second kappa shape index (κ2) is 6.41. The minimum absolute atomic E-state index is 0.0811. The molecular weight excluding hydrogens is 327 g/mol. The van der Waals surface area contributed by atoms with Crippen molar-refractivity contribution in [3.63, 3.8) is 0 Å². The van der Waals surface area contributed by atoms with Crippen LogP contribution in [0.2, 0.25) is 15.1 Å². The fourth-order valence-corrected chi connectivity index (χ4v) is 2.39. The third kappa shape index (κ3) is 3.61. The normalized spacial score (nSPS) is 10.6. The predicted octanol–water partition coefficient (Wildman–Crippen LogP) is 2.37. The summed E-state index contributed by atoms with van der Waals surface area (Å²) in [4.78, 5) is 11.9. The molecule has 2 rings (SSSR count). The molecule has 0 unspecified atom stereocenters. The number of nitrogens with one attached hydrogen (secondary N) is 1. The number of nitrogens with zero attached hydrogens (tertiary/aromatic N) is 3. The average Bonchev–Trinajstić information content (AvgIpc) is 2.81. The van der Waals surface area contributed by atoms with Gasteiger partial charge >= 0.3 is 0 Å². The van der Waals surface area contributed by atoms with Crippen LogP contribution in [0.4, 0.5) is 5.69 Å². The van der Waals surface area contributed by atoms with E-state index in [-0.39, 0.29) is 34.8 Å². The van der Waals surface area contributed by atoms with Gasteiger partial charge in [-0.3, -0.25) is 4.79 Å². The predicted molar refractivity (Wildman–Crippen MR) is 76.0 cm³/mol. The molecule has 0 aliphatic carbocycles. The minimum atomic E-state index is -0.384. The van der Waals surface area contributed by atoms with Crippen molar-refractivity contribution in [2.24, 2.45) is 0 Å². The van der Waals surface area contributed by atoms with Crippen molar-refractivity contribution in [2.75, 3.05) is 5.32 Å². The summed E-state index contributed by atoms with van der Waals surface area (Å²) < 4.78 is 1.29. The number of carbonyl (C=O) groups excluding carboxylic acids is 1. The van der Waals surface area contributed by atoms with Gasteiger partial charge in [-0.1, -0.05) is 40.0 Å². The van der Waals surface area contributed by atoms with Crippen molar-refractivity contribution >= 4 is 46.4 Å². The van der Waals surface area contributed by atoms with E-state index in [2.05, 4.69) is 15.6 Å². The molecule has 0 bridgehead atoms. The molecule has 20 heavy (non-hydrogen) atoms. The topological polar surface area (TPSA) is 80.0 Å². The first kappa shape index (κ1) is 15.1. The van der Waals surface area contributed by atoms with Gasteiger partial charge in [-0.25, -0.2) is 4.68 Å². The summed E-state index contributed by atoms with van der Waals surface area (Å²) in [5.74, 6) is -0.384. The Balaban J connectivity index is 2.08. The van der Waals surface area contributed by atoms with Gasteiger partial charge in [-0.05, 0) is 12.1 Å². The minimum Gasteiger partial charge on any atom is -0.390 e. The molecule has 9 heteroatoms. The van der Waals surface area contributed by atoms with E-state index in [4.69, 9.17) is 39.9 Å². The van der Waals surface area contributed by atoms with Crippen molar-refractivity contribution in [3.05, 3.63) is 39.1 Å². The number of amides is 1. The van der Waals surface area contributed by atoms with Gasteiger partial charge in [0.05, 0.1) is 28.5 Å². The quantitative estimate of drug-likeness (QED) is 0.899. The largest absolute Gasteiger partial charge is 0.390 e. The Morgan fingerprint density at radius 2 is 1.95 bits per heavy atom. The number of rotatable bonds is 4. The van der Waals surface area contributed by atoms with Crippen LogP contribution in [0, 0.1) is 0 Å².